The molecule has 5 rings (SSSR count). The van der Waals surface area contributed by atoms with E-state index in [1.165, 1.54) is 18.2 Å². The molecule has 2 aromatic heterocycles. The zero-order valence-electron chi connectivity index (χ0n) is 14.2. The van der Waals surface area contributed by atoms with Crippen LogP contribution in [-0.4, -0.2) is 19.7 Å². The molecule has 0 radical (unpaired) electrons. The predicted octanol–water partition coefficient (Wildman–Crippen LogP) is 4.99. The summed E-state index contributed by atoms with van der Waals surface area (Å²) in [5.41, 5.74) is 3.23. The summed E-state index contributed by atoms with van der Waals surface area (Å²) < 4.78 is 2.21. The van der Waals surface area contributed by atoms with E-state index in [1.807, 2.05) is 18.2 Å². The van der Waals surface area contributed by atoms with Gasteiger partial charge in [-0.25, -0.2) is 0 Å². The van der Waals surface area contributed by atoms with Crippen LogP contribution in [0.4, 0.5) is 0 Å². The Balaban J connectivity index is 1.45. The van der Waals surface area contributed by atoms with Gasteiger partial charge < -0.3 is 0 Å². The van der Waals surface area contributed by atoms with Crippen LogP contribution in [0, 0.1) is 0 Å². The summed E-state index contributed by atoms with van der Waals surface area (Å²) in [5.74, 6) is 2.42. The third-order valence-electron chi connectivity index (χ3n) is 4.62. The lowest BCUT2D eigenvalue weighted by Crippen LogP contribution is -2.01. The van der Waals surface area contributed by atoms with Crippen molar-refractivity contribution in [1.82, 2.24) is 19.7 Å². The highest BCUT2D eigenvalue weighted by molar-refractivity contribution is 7.98. The van der Waals surface area contributed by atoms with Crippen LogP contribution < -0.4 is 0 Å². The molecule has 0 unspecified atom stereocenters. The maximum atomic E-state index is 4.77. The van der Waals surface area contributed by atoms with Gasteiger partial charge in [0.15, 0.2) is 5.16 Å². The lowest BCUT2D eigenvalue weighted by molar-refractivity contribution is 0.829. The van der Waals surface area contributed by atoms with Crippen molar-refractivity contribution >= 4 is 22.7 Å². The summed E-state index contributed by atoms with van der Waals surface area (Å²) in [7, 11) is 0. The van der Waals surface area contributed by atoms with Gasteiger partial charge in [-0.3, -0.25) is 9.55 Å². The van der Waals surface area contributed by atoms with Gasteiger partial charge in [-0.1, -0.05) is 54.2 Å². The minimum atomic E-state index is 0.552. The van der Waals surface area contributed by atoms with Crippen molar-refractivity contribution in [3.05, 3.63) is 78.2 Å². The quantitative estimate of drug-likeness (QED) is 0.472. The van der Waals surface area contributed by atoms with Crippen LogP contribution in [0.3, 0.4) is 0 Å². The summed E-state index contributed by atoms with van der Waals surface area (Å²) >= 11 is 1.70. The number of pyridine rings is 1. The monoisotopic (exact) mass is 358 g/mol. The number of aromatic nitrogens is 4. The highest BCUT2D eigenvalue weighted by Crippen LogP contribution is 2.41. The van der Waals surface area contributed by atoms with E-state index in [0.717, 1.165) is 33.6 Å². The Hall–Kier alpha value is -2.66. The molecule has 0 aliphatic heterocycles. The van der Waals surface area contributed by atoms with Crippen molar-refractivity contribution in [2.75, 3.05) is 0 Å². The summed E-state index contributed by atoms with van der Waals surface area (Å²) in [6.07, 6.45) is 2.42. The van der Waals surface area contributed by atoms with Crippen LogP contribution in [0.1, 0.15) is 30.3 Å². The molecule has 4 aromatic rings. The van der Waals surface area contributed by atoms with Crippen molar-refractivity contribution < 1.29 is 0 Å². The van der Waals surface area contributed by atoms with Crippen molar-refractivity contribution in [3.63, 3.8) is 0 Å². The van der Waals surface area contributed by atoms with Gasteiger partial charge in [0.25, 0.3) is 0 Å². The Bertz CT molecular complexity index is 1050. The van der Waals surface area contributed by atoms with Gasteiger partial charge in [-0.15, -0.1) is 10.2 Å². The van der Waals surface area contributed by atoms with Gasteiger partial charge in [0.2, 0.25) is 0 Å². The molecular weight excluding hydrogens is 340 g/mol. The zero-order valence-corrected chi connectivity index (χ0v) is 15.1. The Morgan fingerprint density at radius 2 is 1.69 bits per heavy atom. The molecular formula is C21H18N4S. The van der Waals surface area contributed by atoms with Crippen molar-refractivity contribution in [2.24, 2.45) is 0 Å². The molecule has 26 heavy (non-hydrogen) atoms. The first-order chi connectivity index (χ1) is 12.9. The second-order valence-electron chi connectivity index (χ2n) is 6.57. The lowest BCUT2D eigenvalue weighted by atomic mass is 10.2. The smallest absolute Gasteiger partial charge is 0.196 e. The Morgan fingerprint density at radius 1 is 0.885 bits per heavy atom. The second kappa shape index (κ2) is 6.57. The molecule has 4 nitrogen and oxygen atoms in total. The molecule has 1 aliphatic rings. The normalized spacial score (nSPS) is 14.0. The van der Waals surface area contributed by atoms with Gasteiger partial charge in [0.05, 0.1) is 11.2 Å². The maximum absolute atomic E-state index is 4.77. The van der Waals surface area contributed by atoms with E-state index in [-0.39, 0.29) is 0 Å². The van der Waals surface area contributed by atoms with Gasteiger partial charge in [0, 0.05) is 22.7 Å². The maximum Gasteiger partial charge on any atom is 0.196 e. The first kappa shape index (κ1) is 15.6. The molecule has 1 saturated carbocycles. The van der Waals surface area contributed by atoms with Crippen LogP contribution in [0.25, 0.3) is 16.6 Å². The van der Waals surface area contributed by atoms with Gasteiger partial charge >= 0.3 is 0 Å². The van der Waals surface area contributed by atoms with Crippen LogP contribution >= 0.6 is 11.8 Å². The molecule has 0 N–H and O–H groups in total. The molecule has 2 aromatic carbocycles. The summed E-state index contributed by atoms with van der Waals surface area (Å²) in [4.78, 5) is 4.77. The number of para-hydroxylation sites is 2. The molecule has 0 atom stereocenters. The summed E-state index contributed by atoms with van der Waals surface area (Å²) in [5, 5.41) is 11.1. The van der Waals surface area contributed by atoms with Gasteiger partial charge in [-0.2, -0.15) is 0 Å². The van der Waals surface area contributed by atoms with Crippen molar-refractivity contribution in [3.8, 4) is 5.69 Å². The number of hydrogen-bond donors (Lipinski definition) is 0. The molecule has 0 bridgehead atoms. The Morgan fingerprint density at radius 3 is 2.54 bits per heavy atom. The third kappa shape index (κ3) is 2.99. The molecule has 1 fully saturated rings. The molecule has 1 aliphatic carbocycles. The Labute approximate surface area is 156 Å². The average molecular weight is 358 g/mol. The number of hydrogen-bond acceptors (Lipinski definition) is 4. The fourth-order valence-electron chi connectivity index (χ4n) is 3.13. The fraction of sp³-hybridized carbons (Fsp3) is 0.190. The van der Waals surface area contributed by atoms with Gasteiger partial charge in [0.1, 0.15) is 5.82 Å². The zero-order chi connectivity index (χ0) is 17.3. The number of benzene rings is 2. The van der Waals surface area contributed by atoms with E-state index in [9.17, 15) is 0 Å². The highest BCUT2D eigenvalue weighted by Gasteiger charge is 2.31. The molecule has 2 heterocycles. The van der Waals surface area contributed by atoms with Crippen LogP contribution in [0.2, 0.25) is 0 Å². The van der Waals surface area contributed by atoms with Crippen LogP contribution in [0.15, 0.2) is 71.9 Å². The van der Waals surface area contributed by atoms with E-state index in [4.69, 9.17) is 4.98 Å². The van der Waals surface area contributed by atoms with E-state index in [2.05, 4.69) is 63.3 Å². The first-order valence-corrected chi connectivity index (χ1v) is 9.85. The van der Waals surface area contributed by atoms with E-state index in [0.29, 0.717) is 5.92 Å². The van der Waals surface area contributed by atoms with Crippen LogP contribution in [-0.2, 0) is 5.75 Å². The number of thioether (sulfide) groups is 1. The van der Waals surface area contributed by atoms with Crippen molar-refractivity contribution in [2.45, 2.75) is 29.7 Å². The predicted molar refractivity (Wildman–Crippen MR) is 105 cm³/mol. The minimum Gasteiger partial charge on any atom is -0.274 e. The second-order valence-corrected chi connectivity index (χ2v) is 7.51. The summed E-state index contributed by atoms with van der Waals surface area (Å²) in [6.45, 7) is 0. The fourth-order valence-corrected chi connectivity index (χ4v) is 3.99. The van der Waals surface area contributed by atoms with E-state index >= 15 is 0 Å². The standard InChI is InChI=1S/C21H18N4S/c1-2-7-18(8-3-1)25-20(16-10-11-16)23-24-21(25)26-14-17-13-12-15-6-4-5-9-19(15)22-17/h1-9,12-13,16H,10-11,14H2. The lowest BCUT2D eigenvalue weighted by Gasteiger charge is -2.09. The molecule has 5 heteroatoms. The largest absolute Gasteiger partial charge is 0.274 e. The minimum absolute atomic E-state index is 0.552. The molecule has 0 saturated heterocycles. The summed E-state index contributed by atoms with van der Waals surface area (Å²) in [6, 6.07) is 22.8. The van der Waals surface area contributed by atoms with Crippen LogP contribution in [0.5, 0.6) is 0 Å². The van der Waals surface area contributed by atoms with E-state index in [1.54, 1.807) is 11.8 Å². The van der Waals surface area contributed by atoms with Gasteiger partial charge in [-0.05, 0) is 37.1 Å². The highest BCUT2D eigenvalue weighted by atomic mass is 32.2. The average Bonchev–Trinajstić information content (AvgIpc) is 3.46. The topological polar surface area (TPSA) is 43.6 Å². The third-order valence-corrected chi connectivity index (χ3v) is 5.58. The number of fused-ring (bicyclic) bond motifs is 1. The molecule has 0 spiro atoms. The van der Waals surface area contributed by atoms with Crippen molar-refractivity contribution in [1.29, 1.82) is 0 Å². The number of rotatable bonds is 5. The van der Waals surface area contributed by atoms with E-state index < -0.39 is 0 Å². The molecule has 128 valence electrons. The first-order valence-electron chi connectivity index (χ1n) is 8.87. The molecule has 0 amide bonds. The SMILES string of the molecule is c1ccc(-n2c(SCc3ccc4ccccc4n3)nnc2C2CC2)cc1. The Kier molecular flexibility index (Phi) is 3.94. The number of nitrogens with zero attached hydrogens (tertiary/aromatic N) is 4.